The van der Waals surface area contributed by atoms with Crippen LogP contribution in [-0.2, 0) is 17.3 Å². The lowest BCUT2D eigenvalue weighted by atomic mass is 9.88. The number of rotatable bonds is 4. The minimum Gasteiger partial charge on any atom is -0.306 e. The van der Waals surface area contributed by atoms with Crippen LogP contribution in [0.15, 0.2) is 12.4 Å². The standard InChI is InChI=1S/C11H21N5O2S/c1-15-5-3-4-9(7-15)11(14-19(12,17)18)10-6-13-16(2)8-10/h6,8-9,11,14H,3-5,7H2,1-2H3,(H2,12,17,18). The molecule has 19 heavy (non-hydrogen) atoms. The number of nitrogens with one attached hydrogen (secondary N) is 1. The third kappa shape index (κ3) is 4.00. The summed E-state index contributed by atoms with van der Waals surface area (Å²) in [6, 6.07) is -0.313. The van der Waals surface area contributed by atoms with Crippen LogP contribution in [0, 0.1) is 5.92 Å². The molecule has 7 nitrogen and oxygen atoms in total. The van der Waals surface area contributed by atoms with Crippen molar-refractivity contribution in [3.63, 3.8) is 0 Å². The van der Waals surface area contributed by atoms with E-state index >= 15 is 0 Å². The van der Waals surface area contributed by atoms with Crippen molar-refractivity contribution in [3.8, 4) is 0 Å². The average Bonchev–Trinajstić information content (AvgIpc) is 2.71. The van der Waals surface area contributed by atoms with E-state index in [1.807, 2.05) is 20.3 Å². The fourth-order valence-electron chi connectivity index (χ4n) is 2.69. The Hall–Kier alpha value is -0.960. The van der Waals surface area contributed by atoms with Gasteiger partial charge in [-0.1, -0.05) is 0 Å². The molecule has 8 heteroatoms. The molecule has 0 spiro atoms. The molecule has 1 aliphatic heterocycles. The van der Waals surface area contributed by atoms with Crippen LogP contribution in [0.3, 0.4) is 0 Å². The molecule has 1 fully saturated rings. The maximum Gasteiger partial charge on any atom is 0.274 e. The lowest BCUT2D eigenvalue weighted by molar-refractivity contribution is 0.182. The first kappa shape index (κ1) is 14.4. The van der Waals surface area contributed by atoms with Crippen LogP contribution in [-0.4, -0.2) is 43.2 Å². The van der Waals surface area contributed by atoms with Crippen LogP contribution in [0.1, 0.15) is 24.4 Å². The van der Waals surface area contributed by atoms with Gasteiger partial charge in [0.05, 0.1) is 12.2 Å². The summed E-state index contributed by atoms with van der Waals surface area (Å²) in [6.45, 7) is 1.90. The van der Waals surface area contributed by atoms with Gasteiger partial charge in [0.15, 0.2) is 0 Å². The average molecular weight is 287 g/mol. The molecule has 1 saturated heterocycles. The number of nitrogens with zero attached hydrogens (tertiary/aromatic N) is 3. The zero-order valence-electron chi connectivity index (χ0n) is 11.3. The highest BCUT2D eigenvalue weighted by Gasteiger charge is 2.30. The van der Waals surface area contributed by atoms with E-state index in [0.717, 1.165) is 31.5 Å². The zero-order valence-corrected chi connectivity index (χ0v) is 12.1. The van der Waals surface area contributed by atoms with Gasteiger partial charge >= 0.3 is 0 Å². The number of likely N-dealkylation sites (tertiary alicyclic amines) is 1. The Balaban J connectivity index is 2.23. The third-order valence-corrected chi connectivity index (χ3v) is 4.09. The Kier molecular flexibility index (Phi) is 4.24. The molecule has 0 saturated carbocycles. The van der Waals surface area contributed by atoms with Gasteiger partial charge in [-0.3, -0.25) is 4.68 Å². The second-order valence-electron chi connectivity index (χ2n) is 5.25. The van der Waals surface area contributed by atoms with Crippen molar-refractivity contribution in [3.05, 3.63) is 18.0 Å². The normalized spacial score (nSPS) is 23.4. The number of piperidine rings is 1. The first-order valence-electron chi connectivity index (χ1n) is 6.32. The van der Waals surface area contributed by atoms with E-state index in [0.29, 0.717) is 0 Å². The molecule has 2 rings (SSSR count). The van der Waals surface area contributed by atoms with Crippen LogP contribution in [0.5, 0.6) is 0 Å². The molecule has 2 atom stereocenters. The molecule has 0 amide bonds. The van der Waals surface area contributed by atoms with Gasteiger partial charge in [-0.25, -0.2) is 5.14 Å². The van der Waals surface area contributed by atoms with Gasteiger partial charge in [0.2, 0.25) is 0 Å². The van der Waals surface area contributed by atoms with Crippen LogP contribution < -0.4 is 9.86 Å². The Bertz CT molecular complexity index is 527. The Labute approximate surface area is 113 Å². The van der Waals surface area contributed by atoms with E-state index in [4.69, 9.17) is 5.14 Å². The summed E-state index contributed by atoms with van der Waals surface area (Å²) in [6.07, 6.45) is 5.56. The molecule has 2 unspecified atom stereocenters. The van der Waals surface area contributed by atoms with Gasteiger partial charge in [-0.2, -0.15) is 18.2 Å². The Morgan fingerprint density at radius 3 is 2.79 bits per heavy atom. The van der Waals surface area contributed by atoms with Crippen LogP contribution in [0.25, 0.3) is 0 Å². The fraction of sp³-hybridized carbons (Fsp3) is 0.727. The predicted octanol–water partition coefficient (Wildman–Crippen LogP) is -0.404. The van der Waals surface area contributed by atoms with Crippen molar-refractivity contribution in [1.29, 1.82) is 0 Å². The fourth-order valence-corrected chi connectivity index (χ4v) is 3.37. The number of hydrogen-bond acceptors (Lipinski definition) is 4. The van der Waals surface area contributed by atoms with Gasteiger partial charge in [-0.05, 0) is 32.4 Å². The summed E-state index contributed by atoms with van der Waals surface area (Å²) in [4.78, 5) is 2.21. The summed E-state index contributed by atoms with van der Waals surface area (Å²) < 4.78 is 27.0. The molecule has 1 aromatic rings. The Morgan fingerprint density at radius 2 is 2.26 bits per heavy atom. The molecule has 0 aliphatic carbocycles. The quantitative estimate of drug-likeness (QED) is 0.787. The minimum atomic E-state index is -3.73. The first-order valence-corrected chi connectivity index (χ1v) is 7.87. The first-order chi connectivity index (χ1) is 8.85. The molecular weight excluding hydrogens is 266 g/mol. The molecule has 1 aliphatic rings. The monoisotopic (exact) mass is 287 g/mol. The highest BCUT2D eigenvalue weighted by Crippen LogP contribution is 2.29. The summed E-state index contributed by atoms with van der Waals surface area (Å²) in [5.41, 5.74) is 0.858. The summed E-state index contributed by atoms with van der Waals surface area (Å²) in [5.74, 6) is 0.210. The SMILES string of the molecule is CN1CCCC(C(NS(N)(=O)=O)c2cnn(C)c2)C1. The van der Waals surface area contributed by atoms with Crippen LogP contribution in [0.2, 0.25) is 0 Å². The highest BCUT2D eigenvalue weighted by molar-refractivity contribution is 7.87. The van der Waals surface area contributed by atoms with Gasteiger partial charge in [0, 0.05) is 25.4 Å². The topological polar surface area (TPSA) is 93.2 Å². The maximum atomic E-state index is 11.4. The minimum absolute atomic E-state index is 0.210. The van der Waals surface area contributed by atoms with Crippen molar-refractivity contribution >= 4 is 10.2 Å². The second-order valence-corrected chi connectivity index (χ2v) is 6.58. The van der Waals surface area contributed by atoms with Crippen LogP contribution >= 0.6 is 0 Å². The lowest BCUT2D eigenvalue weighted by Crippen LogP contribution is -2.43. The largest absolute Gasteiger partial charge is 0.306 e. The highest BCUT2D eigenvalue weighted by atomic mass is 32.2. The second kappa shape index (κ2) is 5.58. The van der Waals surface area contributed by atoms with E-state index in [1.165, 1.54) is 0 Å². The predicted molar refractivity (Wildman–Crippen MR) is 72.4 cm³/mol. The molecule has 0 radical (unpaired) electrons. The molecule has 3 N–H and O–H groups in total. The number of aryl methyl sites for hydroxylation is 1. The third-order valence-electron chi connectivity index (χ3n) is 3.51. The van der Waals surface area contributed by atoms with Gasteiger partial charge in [-0.15, -0.1) is 0 Å². The van der Waals surface area contributed by atoms with E-state index in [-0.39, 0.29) is 12.0 Å². The lowest BCUT2D eigenvalue weighted by Gasteiger charge is -2.34. The molecule has 0 bridgehead atoms. The molecule has 0 aromatic carbocycles. The summed E-state index contributed by atoms with van der Waals surface area (Å²) >= 11 is 0. The summed E-state index contributed by atoms with van der Waals surface area (Å²) in [5, 5.41) is 9.25. The van der Waals surface area contributed by atoms with E-state index in [9.17, 15) is 8.42 Å². The Morgan fingerprint density at radius 1 is 1.53 bits per heavy atom. The number of aromatic nitrogens is 2. The molecule has 1 aromatic heterocycles. The van der Waals surface area contributed by atoms with Gasteiger partial charge in [0.25, 0.3) is 10.2 Å². The van der Waals surface area contributed by atoms with Crippen molar-refractivity contribution < 1.29 is 8.42 Å². The number of nitrogens with two attached hydrogens (primary N) is 1. The molecular formula is C11H21N5O2S. The van der Waals surface area contributed by atoms with Crippen LogP contribution in [0.4, 0.5) is 0 Å². The van der Waals surface area contributed by atoms with Crippen molar-refractivity contribution in [2.45, 2.75) is 18.9 Å². The van der Waals surface area contributed by atoms with Gasteiger partial charge < -0.3 is 4.90 Å². The molecule has 2 heterocycles. The maximum absolute atomic E-state index is 11.4. The number of hydrogen-bond donors (Lipinski definition) is 2. The zero-order chi connectivity index (χ0) is 14.0. The van der Waals surface area contributed by atoms with E-state index < -0.39 is 10.2 Å². The van der Waals surface area contributed by atoms with Crippen molar-refractivity contribution in [2.75, 3.05) is 20.1 Å². The van der Waals surface area contributed by atoms with Crippen molar-refractivity contribution in [1.82, 2.24) is 19.4 Å². The summed E-state index contributed by atoms with van der Waals surface area (Å²) in [7, 11) is 0.120. The van der Waals surface area contributed by atoms with Gasteiger partial charge in [0.1, 0.15) is 0 Å². The van der Waals surface area contributed by atoms with Crippen molar-refractivity contribution in [2.24, 2.45) is 18.1 Å². The van der Waals surface area contributed by atoms with E-state index in [1.54, 1.807) is 10.9 Å². The smallest absolute Gasteiger partial charge is 0.274 e. The van der Waals surface area contributed by atoms with E-state index in [2.05, 4.69) is 14.7 Å². The molecule has 108 valence electrons.